The molecule has 2 aliphatic rings. The zero-order valence-electron chi connectivity index (χ0n) is 17.4. The first-order valence-electron chi connectivity index (χ1n) is 10.6. The van der Waals surface area contributed by atoms with E-state index in [1.54, 1.807) is 0 Å². The number of aromatic amines is 1. The number of rotatable bonds is 7. The molecule has 1 aliphatic carbocycles. The van der Waals surface area contributed by atoms with E-state index in [-0.39, 0.29) is 30.3 Å². The average Bonchev–Trinajstić information content (AvgIpc) is 3.36. The third kappa shape index (κ3) is 4.08. The molecule has 1 aromatic carbocycles. The molecule has 2 atom stereocenters. The Hall–Kier alpha value is -2.39. The summed E-state index contributed by atoms with van der Waals surface area (Å²) in [6.45, 7) is 3.35. The molecule has 1 aromatic heterocycles. The first-order chi connectivity index (χ1) is 14.8. The van der Waals surface area contributed by atoms with E-state index in [1.165, 1.54) is 0 Å². The zero-order valence-corrected chi connectivity index (χ0v) is 19.0. The monoisotopic (exact) mass is 490 g/mol. The first kappa shape index (κ1) is 21.8. The number of nitrogens with two attached hydrogens (primary N) is 1. The Kier molecular flexibility index (Phi) is 6.07. The number of aryl methyl sites for hydroxylation is 1. The molecule has 2 unspecified atom stereocenters. The van der Waals surface area contributed by atoms with Gasteiger partial charge in [0.1, 0.15) is 11.1 Å². The van der Waals surface area contributed by atoms with Crippen molar-refractivity contribution in [2.45, 2.75) is 38.6 Å². The second-order valence-electron chi connectivity index (χ2n) is 8.53. The summed E-state index contributed by atoms with van der Waals surface area (Å²) in [5.74, 6) is -1.11. The summed E-state index contributed by atoms with van der Waals surface area (Å²) in [5.41, 5.74) is 6.79. The van der Waals surface area contributed by atoms with Crippen LogP contribution >= 0.6 is 15.9 Å². The molecule has 0 radical (unpaired) electrons. The lowest BCUT2D eigenvalue weighted by molar-refractivity contribution is -0.148. The van der Waals surface area contributed by atoms with Crippen molar-refractivity contribution >= 4 is 44.6 Å². The summed E-state index contributed by atoms with van der Waals surface area (Å²) in [7, 11) is 0. The van der Waals surface area contributed by atoms with Crippen molar-refractivity contribution in [3.63, 3.8) is 0 Å². The van der Waals surface area contributed by atoms with Crippen LogP contribution in [0.25, 0.3) is 10.9 Å². The molecule has 1 saturated heterocycles. The van der Waals surface area contributed by atoms with Crippen molar-refractivity contribution in [2.24, 2.45) is 17.1 Å². The number of hydrogen-bond donors (Lipinski definition) is 4. The van der Waals surface area contributed by atoms with Crippen molar-refractivity contribution in [3.05, 3.63) is 33.9 Å². The largest absolute Gasteiger partial charge is 0.381 e. The number of ether oxygens (including phenoxy) is 1. The highest BCUT2D eigenvalue weighted by atomic mass is 79.9. The van der Waals surface area contributed by atoms with E-state index >= 15 is 0 Å². The Morgan fingerprint density at radius 1 is 1.35 bits per heavy atom. The lowest BCUT2D eigenvalue weighted by Crippen LogP contribution is -2.58. The molecule has 0 spiro atoms. The molecular formula is C22H27BrN4O4. The van der Waals surface area contributed by atoms with Crippen LogP contribution in [0.4, 0.5) is 0 Å². The number of hydrogen-bond acceptors (Lipinski definition) is 4. The number of H-pyrrole nitrogens is 1. The number of primary amides is 1. The minimum atomic E-state index is -1.12. The predicted molar refractivity (Wildman–Crippen MR) is 119 cm³/mol. The van der Waals surface area contributed by atoms with Crippen molar-refractivity contribution < 1.29 is 19.1 Å². The van der Waals surface area contributed by atoms with Gasteiger partial charge in [-0.25, -0.2) is 0 Å². The van der Waals surface area contributed by atoms with Crippen LogP contribution in [0.2, 0.25) is 0 Å². The molecule has 166 valence electrons. The third-order valence-corrected chi connectivity index (χ3v) is 7.56. The number of fused-ring (bicyclic) bond motifs is 1. The normalized spacial score (nSPS) is 20.8. The molecule has 1 saturated carbocycles. The molecule has 5 N–H and O–H groups in total. The maximum atomic E-state index is 12.9. The number of carbonyl (C=O) groups is 3. The molecule has 31 heavy (non-hydrogen) atoms. The topological polar surface area (TPSA) is 126 Å². The number of nitrogens with one attached hydrogen (secondary N) is 3. The number of benzene rings is 1. The Balaban J connectivity index is 1.46. The summed E-state index contributed by atoms with van der Waals surface area (Å²) in [6.07, 6.45) is 2.53. The maximum absolute atomic E-state index is 12.9. The van der Waals surface area contributed by atoms with Gasteiger partial charge in [0.15, 0.2) is 0 Å². The fourth-order valence-corrected chi connectivity index (χ4v) is 4.72. The van der Waals surface area contributed by atoms with Gasteiger partial charge in [-0.05, 0) is 49.9 Å². The summed E-state index contributed by atoms with van der Waals surface area (Å²) >= 11 is 3.51. The van der Waals surface area contributed by atoms with E-state index in [1.807, 2.05) is 25.1 Å². The van der Waals surface area contributed by atoms with Gasteiger partial charge in [0.25, 0.3) is 5.91 Å². The van der Waals surface area contributed by atoms with Gasteiger partial charge in [0.2, 0.25) is 11.8 Å². The van der Waals surface area contributed by atoms with Crippen molar-refractivity contribution in [2.75, 3.05) is 19.8 Å². The highest BCUT2D eigenvalue weighted by Gasteiger charge is 2.50. The van der Waals surface area contributed by atoms with Crippen LogP contribution in [0, 0.1) is 18.3 Å². The van der Waals surface area contributed by atoms with Gasteiger partial charge in [-0.1, -0.05) is 22.4 Å². The molecule has 0 bridgehead atoms. The minimum Gasteiger partial charge on any atom is -0.381 e. The summed E-state index contributed by atoms with van der Waals surface area (Å²) in [5, 5.41) is 6.88. The smallest absolute Gasteiger partial charge is 0.267 e. The Morgan fingerprint density at radius 3 is 2.74 bits per heavy atom. The number of amides is 3. The predicted octanol–water partition coefficient (Wildman–Crippen LogP) is 2.15. The van der Waals surface area contributed by atoms with E-state index in [0.29, 0.717) is 31.7 Å². The first-order valence-corrected chi connectivity index (χ1v) is 11.4. The summed E-state index contributed by atoms with van der Waals surface area (Å²) in [4.78, 5) is 40.7. The number of carbonyl (C=O) groups excluding carboxylic acids is 3. The highest BCUT2D eigenvalue weighted by molar-refractivity contribution is 9.10. The minimum absolute atomic E-state index is 0.0650. The molecular weight excluding hydrogens is 464 g/mol. The molecule has 2 fully saturated rings. The zero-order chi connectivity index (χ0) is 22.2. The molecule has 2 aromatic rings. The highest BCUT2D eigenvalue weighted by Crippen LogP contribution is 2.41. The molecule has 9 heteroatoms. The fraction of sp³-hybridized carbons (Fsp3) is 0.500. The quantitative estimate of drug-likeness (QED) is 0.443. The average molecular weight is 491 g/mol. The van der Waals surface area contributed by atoms with E-state index < -0.39 is 11.3 Å². The Morgan fingerprint density at radius 2 is 2.13 bits per heavy atom. The number of aromatic nitrogens is 1. The van der Waals surface area contributed by atoms with Crippen molar-refractivity contribution in [1.29, 1.82) is 0 Å². The molecule has 8 nitrogen and oxygen atoms in total. The summed E-state index contributed by atoms with van der Waals surface area (Å²) < 4.78 is 6.46. The SMILES string of the molecule is Cc1c(Br)ccc2[nH]c(C(=O)NCC(NC(=O)C3(C(N)=O)CCC3)C3CCOC3)cc12. The molecule has 2 heterocycles. The second kappa shape index (κ2) is 8.63. The van der Waals surface area contributed by atoms with Crippen LogP contribution < -0.4 is 16.4 Å². The molecule has 3 amide bonds. The van der Waals surface area contributed by atoms with E-state index in [2.05, 4.69) is 31.5 Å². The fourth-order valence-electron chi connectivity index (χ4n) is 4.37. The lowest BCUT2D eigenvalue weighted by Gasteiger charge is -2.38. The Labute approximate surface area is 188 Å². The van der Waals surface area contributed by atoms with E-state index in [4.69, 9.17) is 10.5 Å². The maximum Gasteiger partial charge on any atom is 0.267 e. The van der Waals surface area contributed by atoms with Crippen LogP contribution in [-0.2, 0) is 14.3 Å². The van der Waals surface area contributed by atoms with Gasteiger partial charge in [0, 0.05) is 34.4 Å². The van der Waals surface area contributed by atoms with Crippen LogP contribution in [0.3, 0.4) is 0 Å². The van der Waals surface area contributed by atoms with Crippen molar-refractivity contribution in [3.8, 4) is 0 Å². The van der Waals surface area contributed by atoms with E-state index in [9.17, 15) is 14.4 Å². The van der Waals surface area contributed by atoms with Crippen LogP contribution in [-0.4, -0.2) is 48.5 Å². The van der Waals surface area contributed by atoms with Crippen LogP contribution in [0.5, 0.6) is 0 Å². The number of halogens is 1. The Bertz CT molecular complexity index is 1020. The summed E-state index contributed by atoms with van der Waals surface area (Å²) in [6, 6.07) is 5.35. The van der Waals surface area contributed by atoms with Gasteiger partial charge in [-0.2, -0.15) is 0 Å². The molecule has 4 rings (SSSR count). The van der Waals surface area contributed by atoms with Gasteiger partial charge < -0.3 is 26.1 Å². The van der Waals surface area contributed by atoms with E-state index in [0.717, 1.165) is 33.8 Å². The van der Waals surface area contributed by atoms with Gasteiger partial charge in [-0.15, -0.1) is 0 Å². The van der Waals surface area contributed by atoms with Crippen LogP contribution in [0.15, 0.2) is 22.7 Å². The molecule has 1 aliphatic heterocycles. The standard InChI is InChI=1S/C22H27BrN4O4/c1-12-14-9-17(26-16(14)4-3-15(12)23)19(28)25-10-18(13-5-8-31-11-13)27-21(30)22(20(24)29)6-2-7-22/h3-4,9,13,18,26H,2,5-8,10-11H2,1H3,(H2,24,29)(H,25,28)(H,27,30). The van der Waals surface area contributed by atoms with Gasteiger partial charge in [0.05, 0.1) is 12.6 Å². The second-order valence-corrected chi connectivity index (χ2v) is 9.38. The van der Waals surface area contributed by atoms with Crippen LogP contribution in [0.1, 0.15) is 41.7 Å². The third-order valence-electron chi connectivity index (χ3n) is 6.70. The van der Waals surface area contributed by atoms with Crippen molar-refractivity contribution in [1.82, 2.24) is 15.6 Å². The lowest BCUT2D eigenvalue weighted by atomic mass is 9.67. The van der Waals surface area contributed by atoms with Gasteiger partial charge in [-0.3, -0.25) is 14.4 Å². The van der Waals surface area contributed by atoms with Gasteiger partial charge >= 0.3 is 0 Å².